The first-order valence-corrected chi connectivity index (χ1v) is 6.10. The van der Waals surface area contributed by atoms with Gasteiger partial charge in [-0.2, -0.15) is 5.10 Å². The van der Waals surface area contributed by atoms with Crippen molar-refractivity contribution in [2.75, 3.05) is 0 Å². The standard InChI is InChI=1S/C14H14N2O4/c1-2-16-13(8-18)12(6-15-16)11-5-9(7-17)3-4-10(11)14(19)20/h3-6,8,17H,2,7H2,1H3,(H,19,20). The van der Waals surface area contributed by atoms with E-state index >= 15 is 0 Å². The van der Waals surface area contributed by atoms with Gasteiger partial charge in [-0.25, -0.2) is 4.79 Å². The molecule has 20 heavy (non-hydrogen) atoms. The van der Waals surface area contributed by atoms with E-state index in [-0.39, 0.29) is 12.2 Å². The van der Waals surface area contributed by atoms with Gasteiger partial charge in [-0.15, -0.1) is 0 Å². The summed E-state index contributed by atoms with van der Waals surface area (Å²) in [5.41, 5.74) is 1.80. The lowest BCUT2D eigenvalue weighted by atomic mass is 9.98. The van der Waals surface area contributed by atoms with Crippen LogP contribution in [0.1, 0.15) is 33.3 Å². The van der Waals surface area contributed by atoms with Crippen molar-refractivity contribution in [2.24, 2.45) is 0 Å². The molecule has 0 atom stereocenters. The van der Waals surface area contributed by atoms with Gasteiger partial charge in [0.05, 0.1) is 18.4 Å². The highest BCUT2D eigenvalue weighted by Crippen LogP contribution is 2.28. The number of aliphatic hydroxyl groups is 1. The zero-order valence-electron chi connectivity index (χ0n) is 10.9. The first kappa shape index (κ1) is 14.0. The van der Waals surface area contributed by atoms with Crippen molar-refractivity contribution in [3.8, 4) is 11.1 Å². The average molecular weight is 274 g/mol. The van der Waals surface area contributed by atoms with E-state index in [0.29, 0.717) is 35.2 Å². The number of carbonyl (C=O) groups is 2. The van der Waals surface area contributed by atoms with E-state index in [4.69, 9.17) is 0 Å². The summed E-state index contributed by atoms with van der Waals surface area (Å²) in [7, 11) is 0. The Morgan fingerprint density at radius 1 is 1.40 bits per heavy atom. The molecule has 0 saturated carbocycles. The third kappa shape index (κ3) is 2.33. The monoisotopic (exact) mass is 274 g/mol. The number of carbonyl (C=O) groups excluding carboxylic acids is 1. The fourth-order valence-electron chi connectivity index (χ4n) is 2.08. The second kappa shape index (κ2) is 5.66. The molecule has 1 aromatic heterocycles. The molecule has 2 N–H and O–H groups in total. The van der Waals surface area contributed by atoms with Crippen LogP contribution in [0.3, 0.4) is 0 Å². The van der Waals surface area contributed by atoms with Gasteiger partial charge in [0, 0.05) is 17.7 Å². The molecule has 0 aliphatic heterocycles. The zero-order chi connectivity index (χ0) is 14.7. The quantitative estimate of drug-likeness (QED) is 0.807. The number of hydrogen-bond acceptors (Lipinski definition) is 4. The van der Waals surface area contributed by atoms with Gasteiger partial charge >= 0.3 is 5.97 Å². The molecule has 0 saturated heterocycles. The van der Waals surface area contributed by atoms with Crippen LogP contribution in [0.2, 0.25) is 0 Å². The number of hydrogen-bond donors (Lipinski definition) is 2. The summed E-state index contributed by atoms with van der Waals surface area (Å²) in [5.74, 6) is -1.09. The van der Waals surface area contributed by atoms with Crippen molar-refractivity contribution < 1.29 is 19.8 Å². The van der Waals surface area contributed by atoms with E-state index in [1.165, 1.54) is 23.0 Å². The lowest BCUT2D eigenvalue weighted by Crippen LogP contribution is -2.04. The van der Waals surface area contributed by atoms with Crippen molar-refractivity contribution in [1.29, 1.82) is 0 Å². The molecule has 6 nitrogen and oxygen atoms in total. The van der Waals surface area contributed by atoms with Crippen molar-refractivity contribution in [1.82, 2.24) is 9.78 Å². The van der Waals surface area contributed by atoms with E-state index in [1.54, 1.807) is 6.07 Å². The van der Waals surface area contributed by atoms with Crippen LogP contribution in [0.25, 0.3) is 11.1 Å². The Morgan fingerprint density at radius 3 is 2.70 bits per heavy atom. The van der Waals surface area contributed by atoms with Gasteiger partial charge in [-0.3, -0.25) is 9.48 Å². The molecule has 1 aromatic carbocycles. The number of nitrogens with zero attached hydrogens (tertiary/aromatic N) is 2. The van der Waals surface area contributed by atoms with Crippen molar-refractivity contribution in [3.63, 3.8) is 0 Å². The summed E-state index contributed by atoms with van der Waals surface area (Å²) >= 11 is 0. The molecule has 1 heterocycles. The second-order valence-corrected chi connectivity index (χ2v) is 4.22. The van der Waals surface area contributed by atoms with E-state index in [0.717, 1.165) is 0 Å². The van der Waals surface area contributed by atoms with Crippen LogP contribution in [-0.2, 0) is 13.2 Å². The number of carboxylic acid groups (broad SMARTS) is 1. The molecule has 0 aliphatic rings. The van der Waals surface area contributed by atoms with E-state index in [1.807, 2.05) is 6.92 Å². The molecule has 6 heteroatoms. The molecule has 0 unspecified atom stereocenters. The molecule has 2 aromatic rings. The second-order valence-electron chi connectivity index (χ2n) is 4.22. The van der Waals surface area contributed by atoms with Crippen LogP contribution in [0.4, 0.5) is 0 Å². The van der Waals surface area contributed by atoms with Crippen LogP contribution in [0.15, 0.2) is 24.4 Å². The minimum Gasteiger partial charge on any atom is -0.478 e. The summed E-state index contributed by atoms with van der Waals surface area (Å²) in [6, 6.07) is 4.52. The minimum atomic E-state index is -1.09. The Hall–Kier alpha value is -2.47. The van der Waals surface area contributed by atoms with Gasteiger partial charge in [0.1, 0.15) is 5.69 Å². The Labute approximate surface area is 115 Å². The fourth-order valence-corrected chi connectivity index (χ4v) is 2.08. The predicted molar refractivity (Wildman–Crippen MR) is 71.6 cm³/mol. The maximum absolute atomic E-state index is 11.3. The first-order valence-electron chi connectivity index (χ1n) is 6.10. The minimum absolute atomic E-state index is 0.0703. The Balaban J connectivity index is 2.70. The van der Waals surface area contributed by atoms with Gasteiger partial charge < -0.3 is 10.2 Å². The Bertz CT molecular complexity index is 661. The number of aliphatic hydroxyl groups excluding tert-OH is 1. The number of aryl methyl sites for hydroxylation is 1. The molecular weight excluding hydrogens is 260 g/mol. The van der Waals surface area contributed by atoms with Crippen LogP contribution in [0.5, 0.6) is 0 Å². The molecule has 0 spiro atoms. The number of aromatic nitrogens is 2. The van der Waals surface area contributed by atoms with Crippen molar-refractivity contribution in [2.45, 2.75) is 20.1 Å². The summed E-state index contributed by atoms with van der Waals surface area (Å²) < 4.78 is 1.50. The van der Waals surface area contributed by atoms with E-state index in [2.05, 4.69) is 5.10 Å². The number of aromatic carboxylic acids is 1. The molecule has 0 bridgehead atoms. The number of carboxylic acids is 1. The van der Waals surface area contributed by atoms with Gasteiger partial charge in [0.2, 0.25) is 0 Å². The molecule has 104 valence electrons. The lowest BCUT2D eigenvalue weighted by molar-refractivity contribution is 0.0697. The molecular formula is C14H14N2O4. The van der Waals surface area contributed by atoms with Crippen LogP contribution in [0, 0.1) is 0 Å². The third-order valence-electron chi connectivity index (χ3n) is 3.08. The van der Waals surface area contributed by atoms with Gasteiger partial charge in [-0.1, -0.05) is 6.07 Å². The summed E-state index contributed by atoms with van der Waals surface area (Å²) in [4.78, 5) is 22.5. The SMILES string of the molecule is CCn1ncc(-c2cc(CO)ccc2C(=O)O)c1C=O. The van der Waals surface area contributed by atoms with Crippen molar-refractivity contribution in [3.05, 3.63) is 41.2 Å². The van der Waals surface area contributed by atoms with Gasteiger partial charge in [0.15, 0.2) is 6.29 Å². The smallest absolute Gasteiger partial charge is 0.336 e. The predicted octanol–water partition coefficient (Wildman–Crippen LogP) is 1.57. The summed E-state index contributed by atoms with van der Waals surface area (Å²) in [6.45, 7) is 2.15. The van der Waals surface area contributed by atoms with E-state index in [9.17, 15) is 19.8 Å². The largest absolute Gasteiger partial charge is 0.478 e. The van der Waals surface area contributed by atoms with Crippen LogP contribution in [-0.4, -0.2) is 32.2 Å². The van der Waals surface area contributed by atoms with Gasteiger partial charge in [-0.05, 0) is 24.6 Å². The van der Waals surface area contributed by atoms with Crippen LogP contribution < -0.4 is 0 Å². The van der Waals surface area contributed by atoms with Crippen LogP contribution >= 0.6 is 0 Å². The highest BCUT2D eigenvalue weighted by atomic mass is 16.4. The summed E-state index contributed by atoms with van der Waals surface area (Å²) in [6.07, 6.45) is 2.12. The number of aldehydes is 1. The third-order valence-corrected chi connectivity index (χ3v) is 3.08. The van der Waals surface area contributed by atoms with E-state index < -0.39 is 5.97 Å². The molecule has 0 radical (unpaired) electrons. The highest BCUT2D eigenvalue weighted by Gasteiger charge is 2.18. The zero-order valence-corrected chi connectivity index (χ0v) is 10.9. The molecule has 0 amide bonds. The summed E-state index contributed by atoms with van der Waals surface area (Å²) in [5, 5.41) is 22.5. The lowest BCUT2D eigenvalue weighted by Gasteiger charge is -2.08. The maximum Gasteiger partial charge on any atom is 0.336 e. The molecule has 2 rings (SSSR count). The highest BCUT2D eigenvalue weighted by molar-refractivity contribution is 5.98. The Morgan fingerprint density at radius 2 is 2.15 bits per heavy atom. The fraction of sp³-hybridized carbons (Fsp3) is 0.214. The number of rotatable bonds is 5. The van der Waals surface area contributed by atoms with Crippen molar-refractivity contribution >= 4 is 12.3 Å². The normalized spacial score (nSPS) is 10.5. The average Bonchev–Trinajstić information content (AvgIpc) is 2.89. The molecule has 0 fully saturated rings. The Kier molecular flexibility index (Phi) is 3.95. The number of benzene rings is 1. The molecule has 0 aliphatic carbocycles. The topological polar surface area (TPSA) is 92.4 Å². The maximum atomic E-state index is 11.3. The first-order chi connectivity index (χ1) is 9.62. The van der Waals surface area contributed by atoms with Gasteiger partial charge in [0.25, 0.3) is 0 Å².